The molecule has 1 aliphatic carbocycles. The third-order valence-electron chi connectivity index (χ3n) is 6.15. The van der Waals surface area contributed by atoms with Crippen LogP contribution in [0.2, 0.25) is 0 Å². The molecule has 2 aliphatic rings. The van der Waals surface area contributed by atoms with Gasteiger partial charge in [0.25, 0.3) is 0 Å². The molecule has 1 saturated heterocycles. The van der Waals surface area contributed by atoms with Crippen molar-refractivity contribution >= 4 is 23.9 Å². The minimum Gasteiger partial charge on any atom is -0.467 e. The molecule has 0 spiro atoms. The molecule has 2 rings (SSSR count). The summed E-state index contributed by atoms with van der Waals surface area (Å²) in [7, 11) is 1.22. The van der Waals surface area contributed by atoms with Crippen LogP contribution in [0.5, 0.6) is 0 Å². The van der Waals surface area contributed by atoms with Crippen molar-refractivity contribution in [2.75, 3.05) is 40.0 Å². The Labute approximate surface area is 202 Å². The van der Waals surface area contributed by atoms with E-state index in [2.05, 4.69) is 10.6 Å². The smallest absolute Gasteiger partial charge is 0.407 e. The zero-order valence-corrected chi connectivity index (χ0v) is 21.0. The Hall–Kier alpha value is -2.36. The molecule has 3 amide bonds. The number of hydrogen-bond donors (Lipinski definition) is 2. The van der Waals surface area contributed by atoms with Crippen molar-refractivity contribution in [1.29, 1.82) is 0 Å². The molecule has 2 atom stereocenters. The second-order valence-corrected chi connectivity index (χ2v) is 10.1. The Balaban J connectivity index is 2.04. The highest BCUT2D eigenvalue weighted by molar-refractivity contribution is 5.89. The van der Waals surface area contributed by atoms with Crippen LogP contribution in [0.1, 0.15) is 65.7 Å². The van der Waals surface area contributed by atoms with E-state index in [1.165, 1.54) is 13.5 Å². The highest BCUT2D eigenvalue weighted by Crippen LogP contribution is 2.30. The monoisotopic (exact) mass is 483 g/mol. The lowest BCUT2D eigenvalue weighted by atomic mass is 9.81. The first-order valence-corrected chi connectivity index (χ1v) is 12.3. The van der Waals surface area contributed by atoms with Gasteiger partial charge in [-0.25, -0.2) is 9.59 Å². The largest absolute Gasteiger partial charge is 0.467 e. The SMILES string of the molecule is COC(=O)[C@H](CNC(=O)OC(C)(C)C)NC(=O)[C@@H](CC(=O)N1CCOCC1)CC1CCCCC1. The maximum Gasteiger partial charge on any atom is 0.407 e. The minimum absolute atomic E-state index is 0.0791. The number of nitrogens with one attached hydrogen (secondary N) is 2. The van der Waals surface area contributed by atoms with E-state index in [1.807, 2.05) is 0 Å². The molecular formula is C24H41N3O7. The molecule has 10 heteroatoms. The predicted octanol–water partition coefficient (Wildman–Crippen LogP) is 2.00. The van der Waals surface area contributed by atoms with Gasteiger partial charge in [-0.05, 0) is 33.1 Å². The highest BCUT2D eigenvalue weighted by Gasteiger charge is 2.32. The third kappa shape index (κ3) is 9.87. The number of alkyl carbamates (subject to hydrolysis) is 1. The molecule has 194 valence electrons. The third-order valence-corrected chi connectivity index (χ3v) is 6.15. The molecule has 2 fully saturated rings. The van der Waals surface area contributed by atoms with Crippen molar-refractivity contribution in [3.05, 3.63) is 0 Å². The Morgan fingerprint density at radius 3 is 2.29 bits per heavy atom. The summed E-state index contributed by atoms with van der Waals surface area (Å²) < 4.78 is 15.3. The fourth-order valence-corrected chi connectivity index (χ4v) is 4.39. The summed E-state index contributed by atoms with van der Waals surface area (Å²) in [4.78, 5) is 52.2. The van der Waals surface area contributed by atoms with Crippen molar-refractivity contribution in [3.8, 4) is 0 Å². The van der Waals surface area contributed by atoms with Crippen LogP contribution in [-0.2, 0) is 28.6 Å². The van der Waals surface area contributed by atoms with E-state index in [9.17, 15) is 19.2 Å². The standard InChI is InChI=1S/C24H41N3O7/c1-24(2,3)34-23(31)25-16-19(22(30)32-4)26-21(29)18(14-17-8-6-5-7-9-17)15-20(28)27-10-12-33-13-11-27/h17-19H,5-16H2,1-4H3,(H,25,31)(H,26,29)/t18-,19+/m1/s1. The van der Waals surface area contributed by atoms with Crippen molar-refractivity contribution in [2.24, 2.45) is 11.8 Å². The number of carbonyl (C=O) groups excluding carboxylic acids is 4. The number of rotatable bonds is 9. The van der Waals surface area contributed by atoms with Crippen LogP contribution in [0.25, 0.3) is 0 Å². The van der Waals surface area contributed by atoms with Gasteiger partial charge >= 0.3 is 12.1 Å². The van der Waals surface area contributed by atoms with Crippen LogP contribution < -0.4 is 10.6 Å². The molecule has 1 aliphatic heterocycles. The molecule has 0 aromatic carbocycles. The first kappa shape index (κ1) is 27.9. The molecular weight excluding hydrogens is 442 g/mol. The summed E-state index contributed by atoms with van der Waals surface area (Å²) in [6, 6.07) is -1.09. The van der Waals surface area contributed by atoms with E-state index >= 15 is 0 Å². The number of ether oxygens (including phenoxy) is 3. The van der Waals surface area contributed by atoms with Crippen LogP contribution in [0, 0.1) is 11.8 Å². The lowest BCUT2D eigenvalue weighted by Gasteiger charge is -2.30. The number of nitrogens with zero attached hydrogens (tertiary/aromatic N) is 1. The van der Waals surface area contributed by atoms with E-state index in [0.29, 0.717) is 38.6 Å². The Kier molecular flexibility index (Phi) is 11.1. The fraction of sp³-hybridized carbons (Fsp3) is 0.833. The first-order valence-electron chi connectivity index (χ1n) is 12.3. The average molecular weight is 484 g/mol. The lowest BCUT2D eigenvalue weighted by Crippen LogP contribution is -2.51. The quantitative estimate of drug-likeness (QED) is 0.481. The molecule has 0 aromatic rings. The number of amides is 3. The maximum absolute atomic E-state index is 13.3. The van der Waals surface area contributed by atoms with Gasteiger partial charge in [0.2, 0.25) is 11.8 Å². The van der Waals surface area contributed by atoms with Crippen LogP contribution in [0.15, 0.2) is 0 Å². The highest BCUT2D eigenvalue weighted by atomic mass is 16.6. The number of methoxy groups -OCH3 is 1. The summed E-state index contributed by atoms with van der Waals surface area (Å²) in [5, 5.41) is 5.21. The maximum atomic E-state index is 13.3. The van der Waals surface area contributed by atoms with Crippen LogP contribution in [0.3, 0.4) is 0 Å². The van der Waals surface area contributed by atoms with E-state index in [4.69, 9.17) is 14.2 Å². The van der Waals surface area contributed by atoms with Crippen LogP contribution in [-0.4, -0.2) is 80.4 Å². The summed E-state index contributed by atoms with van der Waals surface area (Å²) in [6.45, 7) is 7.02. The second-order valence-electron chi connectivity index (χ2n) is 10.1. The zero-order chi connectivity index (χ0) is 25.1. The second kappa shape index (κ2) is 13.5. The van der Waals surface area contributed by atoms with E-state index < -0.39 is 29.6 Å². The molecule has 0 bridgehead atoms. The molecule has 0 radical (unpaired) electrons. The van der Waals surface area contributed by atoms with Gasteiger partial charge in [0.1, 0.15) is 11.6 Å². The lowest BCUT2D eigenvalue weighted by molar-refractivity contribution is -0.146. The average Bonchev–Trinajstić information content (AvgIpc) is 2.80. The number of hydrogen-bond acceptors (Lipinski definition) is 7. The molecule has 0 aromatic heterocycles. The van der Waals surface area contributed by atoms with Crippen LogP contribution in [0.4, 0.5) is 4.79 Å². The van der Waals surface area contributed by atoms with Gasteiger partial charge in [-0.1, -0.05) is 32.1 Å². The minimum atomic E-state index is -1.09. The van der Waals surface area contributed by atoms with Crippen molar-refractivity contribution in [3.63, 3.8) is 0 Å². The van der Waals surface area contributed by atoms with Gasteiger partial charge in [0.15, 0.2) is 0 Å². The number of esters is 1. The topological polar surface area (TPSA) is 123 Å². The van der Waals surface area contributed by atoms with Crippen LogP contribution >= 0.6 is 0 Å². The Bertz CT molecular complexity index is 695. The van der Waals surface area contributed by atoms with Gasteiger partial charge in [0.05, 0.1) is 26.9 Å². The van der Waals surface area contributed by atoms with Crippen molar-refractivity contribution < 1.29 is 33.4 Å². The summed E-state index contributed by atoms with van der Waals surface area (Å²) in [5.74, 6) is -1.33. The Morgan fingerprint density at radius 2 is 1.71 bits per heavy atom. The Morgan fingerprint density at radius 1 is 1.06 bits per heavy atom. The fourth-order valence-electron chi connectivity index (χ4n) is 4.39. The van der Waals surface area contributed by atoms with Crippen molar-refractivity contribution in [1.82, 2.24) is 15.5 Å². The van der Waals surface area contributed by atoms with Gasteiger partial charge in [-0.3, -0.25) is 9.59 Å². The van der Waals surface area contributed by atoms with E-state index in [1.54, 1.807) is 25.7 Å². The molecule has 2 N–H and O–H groups in total. The van der Waals surface area contributed by atoms with E-state index in [0.717, 1.165) is 25.7 Å². The number of morpholine rings is 1. The van der Waals surface area contributed by atoms with Gasteiger partial charge < -0.3 is 29.7 Å². The number of carbonyl (C=O) groups is 4. The zero-order valence-electron chi connectivity index (χ0n) is 21.0. The molecule has 1 saturated carbocycles. The summed E-state index contributed by atoms with van der Waals surface area (Å²) >= 11 is 0. The van der Waals surface area contributed by atoms with Crippen molar-refractivity contribution in [2.45, 2.75) is 77.4 Å². The molecule has 0 unspecified atom stereocenters. The van der Waals surface area contributed by atoms with Gasteiger partial charge in [-0.15, -0.1) is 0 Å². The summed E-state index contributed by atoms with van der Waals surface area (Å²) in [5.41, 5.74) is -0.695. The van der Waals surface area contributed by atoms with E-state index in [-0.39, 0.29) is 24.8 Å². The molecule has 34 heavy (non-hydrogen) atoms. The van der Waals surface area contributed by atoms with Gasteiger partial charge in [-0.2, -0.15) is 0 Å². The van der Waals surface area contributed by atoms with Gasteiger partial charge in [0, 0.05) is 25.4 Å². The molecule has 10 nitrogen and oxygen atoms in total. The molecule has 1 heterocycles. The predicted molar refractivity (Wildman–Crippen MR) is 125 cm³/mol. The first-order chi connectivity index (χ1) is 16.1. The normalized spacial score (nSPS) is 19.0. The summed E-state index contributed by atoms with van der Waals surface area (Å²) in [6.07, 6.45) is 5.50.